The molecule has 1 saturated carbocycles. The molecular weight excluding hydrogens is 238 g/mol. The summed E-state index contributed by atoms with van der Waals surface area (Å²) in [6, 6.07) is 1.97. The zero-order valence-electron chi connectivity index (χ0n) is 12.4. The van der Waals surface area contributed by atoms with E-state index in [-0.39, 0.29) is 11.6 Å². The molecule has 4 nitrogen and oxygen atoms in total. The highest BCUT2D eigenvalue weighted by Crippen LogP contribution is 2.42. The summed E-state index contributed by atoms with van der Waals surface area (Å²) in [5.74, 6) is 1.46. The van der Waals surface area contributed by atoms with Crippen molar-refractivity contribution >= 4 is 0 Å². The molecule has 106 valence electrons. The normalized spacial score (nSPS) is 17.5. The summed E-state index contributed by atoms with van der Waals surface area (Å²) in [7, 11) is 0. The maximum absolute atomic E-state index is 5.81. The Morgan fingerprint density at radius 1 is 1.42 bits per heavy atom. The molecule has 1 fully saturated rings. The Labute approximate surface area is 116 Å². The summed E-state index contributed by atoms with van der Waals surface area (Å²) in [5.41, 5.74) is 1.13. The maximum atomic E-state index is 5.81. The molecule has 1 unspecified atom stereocenters. The van der Waals surface area contributed by atoms with Crippen molar-refractivity contribution in [1.29, 1.82) is 0 Å². The molecule has 2 rings (SSSR count). The van der Waals surface area contributed by atoms with Gasteiger partial charge in [-0.1, -0.05) is 0 Å². The standard InChI is InChI=1S/C15H25N3O/c1-5-19-13(11-6-7-11)14-16-9-8-12(18-14)10-17-15(2,3)4/h8-9,11,13,17H,5-7,10H2,1-4H3. The van der Waals surface area contributed by atoms with Crippen LogP contribution in [-0.2, 0) is 11.3 Å². The van der Waals surface area contributed by atoms with Gasteiger partial charge in [-0.15, -0.1) is 0 Å². The lowest BCUT2D eigenvalue weighted by molar-refractivity contribution is 0.0398. The van der Waals surface area contributed by atoms with E-state index < -0.39 is 0 Å². The topological polar surface area (TPSA) is 47.0 Å². The van der Waals surface area contributed by atoms with Crippen molar-refractivity contribution in [2.24, 2.45) is 5.92 Å². The largest absolute Gasteiger partial charge is 0.370 e. The molecule has 0 spiro atoms. The van der Waals surface area contributed by atoms with E-state index in [0.717, 1.165) is 24.7 Å². The molecular formula is C15H25N3O. The molecule has 4 heteroatoms. The van der Waals surface area contributed by atoms with Gasteiger partial charge in [-0.05, 0) is 52.5 Å². The van der Waals surface area contributed by atoms with Crippen molar-refractivity contribution in [3.05, 3.63) is 23.8 Å². The first-order valence-electron chi connectivity index (χ1n) is 7.18. The molecule has 19 heavy (non-hydrogen) atoms. The monoisotopic (exact) mass is 263 g/mol. The number of ether oxygens (including phenoxy) is 1. The van der Waals surface area contributed by atoms with Crippen molar-refractivity contribution in [2.75, 3.05) is 6.61 Å². The number of hydrogen-bond acceptors (Lipinski definition) is 4. The van der Waals surface area contributed by atoms with Crippen molar-refractivity contribution in [3.63, 3.8) is 0 Å². The van der Waals surface area contributed by atoms with Gasteiger partial charge >= 0.3 is 0 Å². The van der Waals surface area contributed by atoms with Gasteiger partial charge in [0, 0.05) is 24.9 Å². The second kappa shape index (κ2) is 5.97. The molecule has 0 bridgehead atoms. The molecule has 1 aliphatic rings. The molecule has 0 aliphatic heterocycles. The van der Waals surface area contributed by atoms with Gasteiger partial charge in [0.1, 0.15) is 6.10 Å². The van der Waals surface area contributed by atoms with Gasteiger partial charge in [0.2, 0.25) is 0 Å². The number of hydrogen-bond donors (Lipinski definition) is 1. The predicted molar refractivity (Wildman–Crippen MR) is 75.7 cm³/mol. The van der Waals surface area contributed by atoms with Crippen LogP contribution in [0.3, 0.4) is 0 Å². The third kappa shape index (κ3) is 4.55. The SMILES string of the molecule is CCOC(c1nccc(CNC(C)(C)C)n1)C1CC1. The number of aromatic nitrogens is 2. The van der Waals surface area contributed by atoms with Gasteiger partial charge in [-0.3, -0.25) is 0 Å². The van der Waals surface area contributed by atoms with Gasteiger partial charge in [-0.25, -0.2) is 9.97 Å². The second-order valence-electron chi connectivity index (χ2n) is 6.22. The van der Waals surface area contributed by atoms with E-state index >= 15 is 0 Å². The maximum Gasteiger partial charge on any atom is 0.157 e. The minimum Gasteiger partial charge on any atom is -0.370 e. The van der Waals surface area contributed by atoms with Crippen LogP contribution >= 0.6 is 0 Å². The van der Waals surface area contributed by atoms with Crippen LogP contribution in [0.1, 0.15) is 58.2 Å². The Hall–Kier alpha value is -1.00. The lowest BCUT2D eigenvalue weighted by atomic mass is 10.1. The van der Waals surface area contributed by atoms with Crippen LogP contribution in [0.4, 0.5) is 0 Å². The van der Waals surface area contributed by atoms with Gasteiger partial charge in [0.25, 0.3) is 0 Å². The minimum atomic E-state index is 0.0830. The first kappa shape index (κ1) is 14.4. The average molecular weight is 263 g/mol. The zero-order valence-corrected chi connectivity index (χ0v) is 12.4. The predicted octanol–water partition coefficient (Wildman–Crippen LogP) is 2.85. The molecule has 1 heterocycles. The van der Waals surface area contributed by atoms with Gasteiger partial charge < -0.3 is 10.1 Å². The quantitative estimate of drug-likeness (QED) is 0.857. The third-order valence-corrected chi connectivity index (χ3v) is 3.18. The lowest BCUT2D eigenvalue weighted by Gasteiger charge is -2.21. The smallest absolute Gasteiger partial charge is 0.157 e. The summed E-state index contributed by atoms with van der Waals surface area (Å²) < 4.78 is 5.81. The van der Waals surface area contributed by atoms with E-state index in [2.05, 4.69) is 36.1 Å². The average Bonchev–Trinajstić information content (AvgIpc) is 3.17. The first-order valence-corrected chi connectivity index (χ1v) is 7.18. The Kier molecular flexibility index (Phi) is 4.53. The Balaban J connectivity index is 2.05. The van der Waals surface area contributed by atoms with Crippen LogP contribution in [0.2, 0.25) is 0 Å². The summed E-state index contributed by atoms with van der Waals surface area (Å²) in [6.07, 6.45) is 4.40. The molecule has 1 atom stereocenters. The Bertz CT molecular complexity index is 410. The summed E-state index contributed by atoms with van der Waals surface area (Å²) in [6.45, 7) is 9.98. The third-order valence-electron chi connectivity index (χ3n) is 3.18. The molecule has 1 aromatic rings. The van der Waals surface area contributed by atoms with E-state index in [1.54, 1.807) is 0 Å². The van der Waals surface area contributed by atoms with E-state index in [1.807, 2.05) is 19.2 Å². The summed E-state index contributed by atoms with van der Waals surface area (Å²) >= 11 is 0. The Morgan fingerprint density at radius 2 is 2.16 bits per heavy atom. The fourth-order valence-electron chi connectivity index (χ4n) is 2.00. The molecule has 0 radical (unpaired) electrons. The molecule has 0 amide bonds. The molecule has 1 aliphatic carbocycles. The zero-order chi connectivity index (χ0) is 13.9. The number of nitrogens with zero attached hydrogens (tertiary/aromatic N) is 2. The van der Waals surface area contributed by atoms with Crippen molar-refractivity contribution in [1.82, 2.24) is 15.3 Å². The lowest BCUT2D eigenvalue weighted by Crippen LogP contribution is -2.35. The minimum absolute atomic E-state index is 0.0830. The number of rotatable bonds is 6. The van der Waals surface area contributed by atoms with Crippen molar-refractivity contribution < 1.29 is 4.74 Å². The highest BCUT2D eigenvalue weighted by atomic mass is 16.5. The molecule has 0 aromatic carbocycles. The highest BCUT2D eigenvalue weighted by Gasteiger charge is 2.34. The fourth-order valence-corrected chi connectivity index (χ4v) is 2.00. The number of nitrogens with one attached hydrogen (secondary N) is 1. The van der Waals surface area contributed by atoms with Crippen molar-refractivity contribution in [2.45, 2.75) is 58.7 Å². The fraction of sp³-hybridized carbons (Fsp3) is 0.733. The summed E-state index contributed by atoms with van der Waals surface area (Å²) in [5, 5.41) is 3.45. The van der Waals surface area contributed by atoms with Crippen LogP contribution in [0.15, 0.2) is 12.3 Å². The van der Waals surface area contributed by atoms with Gasteiger partial charge in [0.15, 0.2) is 5.82 Å². The van der Waals surface area contributed by atoms with E-state index in [1.165, 1.54) is 12.8 Å². The van der Waals surface area contributed by atoms with E-state index in [4.69, 9.17) is 4.74 Å². The van der Waals surface area contributed by atoms with Crippen LogP contribution in [0, 0.1) is 5.92 Å². The molecule has 1 aromatic heterocycles. The summed E-state index contributed by atoms with van der Waals surface area (Å²) in [4.78, 5) is 9.06. The molecule has 1 N–H and O–H groups in total. The van der Waals surface area contributed by atoms with E-state index in [0.29, 0.717) is 5.92 Å². The van der Waals surface area contributed by atoms with Crippen LogP contribution < -0.4 is 5.32 Å². The first-order chi connectivity index (χ1) is 8.99. The Morgan fingerprint density at radius 3 is 2.74 bits per heavy atom. The van der Waals surface area contributed by atoms with Gasteiger partial charge in [0.05, 0.1) is 5.69 Å². The van der Waals surface area contributed by atoms with Crippen LogP contribution in [0.5, 0.6) is 0 Å². The van der Waals surface area contributed by atoms with Crippen LogP contribution in [-0.4, -0.2) is 22.1 Å². The second-order valence-corrected chi connectivity index (χ2v) is 6.22. The van der Waals surface area contributed by atoms with Crippen LogP contribution in [0.25, 0.3) is 0 Å². The highest BCUT2D eigenvalue weighted by molar-refractivity contribution is 5.07. The van der Waals surface area contributed by atoms with Gasteiger partial charge in [-0.2, -0.15) is 0 Å². The molecule has 0 saturated heterocycles. The van der Waals surface area contributed by atoms with E-state index in [9.17, 15) is 0 Å². The van der Waals surface area contributed by atoms with Crippen molar-refractivity contribution in [3.8, 4) is 0 Å².